The number of hydrogen-bond donors (Lipinski definition) is 0. The topological polar surface area (TPSA) is 78.9 Å². The first-order chi connectivity index (χ1) is 16.2. The van der Waals surface area contributed by atoms with Crippen LogP contribution in [0, 0.1) is 22.7 Å². The van der Waals surface area contributed by atoms with Crippen LogP contribution < -0.4 is 0 Å². The Labute approximate surface area is 201 Å². The molecule has 0 spiro atoms. The SMILES string of the molecule is CC1=CC(=O)C[C@H]2[C@](C)(CCC3=CCOC3=O)[C@H](COC(=O)OCc3ccccc3)CC[C@]12C. The number of ether oxygens (including phenoxy) is 3. The molecule has 0 aromatic heterocycles. The third-order valence-corrected chi connectivity index (χ3v) is 8.53. The van der Waals surface area contributed by atoms with Crippen molar-refractivity contribution in [3.63, 3.8) is 0 Å². The van der Waals surface area contributed by atoms with Gasteiger partial charge in [0.1, 0.15) is 13.2 Å². The Bertz CT molecular complexity index is 1010. The van der Waals surface area contributed by atoms with Gasteiger partial charge >= 0.3 is 12.1 Å². The van der Waals surface area contributed by atoms with Crippen molar-refractivity contribution >= 4 is 17.9 Å². The van der Waals surface area contributed by atoms with Gasteiger partial charge in [0.2, 0.25) is 0 Å². The summed E-state index contributed by atoms with van der Waals surface area (Å²) < 4.78 is 16.0. The Morgan fingerprint density at radius 1 is 1.15 bits per heavy atom. The molecule has 0 radical (unpaired) electrons. The van der Waals surface area contributed by atoms with Gasteiger partial charge in [0.15, 0.2) is 5.78 Å². The number of ketones is 1. The third kappa shape index (κ3) is 4.82. The van der Waals surface area contributed by atoms with Gasteiger partial charge in [-0.25, -0.2) is 9.59 Å². The lowest BCUT2D eigenvalue weighted by Crippen LogP contribution is -2.52. The van der Waals surface area contributed by atoms with Crippen LogP contribution in [0.15, 0.2) is 53.6 Å². The lowest BCUT2D eigenvalue weighted by atomic mass is 9.46. The second-order valence-electron chi connectivity index (χ2n) is 10.4. The van der Waals surface area contributed by atoms with Crippen LogP contribution >= 0.6 is 0 Å². The summed E-state index contributed by atoms with van der Waals surface area (Å²) in [6, 6.07) is 9.49. The molecule has 3 aliphatic rings. The van der Waals surface area contributed by atoms with E-state index in [9.17, 15) is 14.4 Å². The average Bonchev–Trinajstić information content (AvgIpc) is 3.23. The van der Waals surface area contributed by atoms with Gasteiger partial charge in [-0.3, -0.25) is 4.79 Å². The Balaban J connectivity index is 1.48. The van der Waals surface area contributed by atoms with Crippen molar-refractivity contribution in [2.75, 3.05) is 13.2 Å². The summed E-state index contributed by atoms with van der Waals surface area (Å²) in [4.78, 5) is 37.0. The molecule has 4 rings (SSSR count). The summed E-state index contributed by atoms with van der Waals surface area (Å²) in [5.41, 5.74) is 2.35. The van der Waals surface area contributed by atoms with E-state index in [0.29, 0.717) is 25.0 Å². The number of rotatable bonds is 7. The monoisotopic (exact) mass is 466 g/mol. The summed E-state index contributed by atoms with van der Waals surface area (Å²) in [5, 5.41) is 0. The highest BCUT2D eigenvalue weighted by molar-refractivity contribution is 5.92. The van der Waals surface area contributed by atoms with E-state index in [4.69, 9.17) is 14.2 Å². The molecule has 0 unspecified atom stereocenters. The zero-order chi connectivity index (χ0) is 24.3. The minimum absolute atomic E-state index is 0.0616. The molecule has 1 aliphatic heterocycles. The molecule has 0 N–H and O–H groups in total. The molecule has 4 atom stereocenters. The van der Waals surface area contributed by atoms with Crippen molar-refractivity contribution in [1.82, 2.24) is 0 Å². The largest absolute Gasteiger partial charge is 0.508 e. The molecule has 1 aromatic rings. The summed E-state index contributed by atoms with van der Waals surface area (Å²) in [5.74, 6) is 0.0644. The average molecular weight is 467 g/mol. The van der Waals surface area contributed by atoms with Crippen molar-refractivity contribution in [3.05, 3.63) is 59.2 Å². The lowest BCUT2D eigenvalue weighted by molar-refractivity contribution is -0.136. The summed E-state index contributed by atoms with van der Waals surface area (Å²) in [7, 11) is 0. The van der Waals surface area contributed by atoms with E-state index in [0.717, 1.165) is 30.4 Å². The molecular formula is C28H34O6. The second kappa shape index (κ2) is 9.77. The normalized spacial score (nSPS) is 30.7. The number of hydrogen-bond acceptors (Lipinski definition) is 6. The highest BCUT2D eigenvalue weighted by atomic mass is 16.7. The molecule has 0 bridgehead atoms. The first-order valence-electron chi connectivity index (χ1n) is 12.1. The van der Waals surface area contributed by atoms with Crippen LogP contribution in [0.1, 0.15) is 58.4 Å². The number of fused-ring (bicyclic) bond motifs is 1. The van der Waals surface area contributed by atoms with E-state index in [-0.39, 0.29) is 47.6 Å². The van der Waals surface area contributed by atoms with Crippen molar-refractivity contribution in [3.8, 4) is 0 Å². The zero-order valence-corrected chi connectivity index (χ0v) is 20.3. The second-order valence-corrected chi connectivity index (χ2v) is 10.4. The van der Waals surface area contributed by atoms with Crippen molar-refractivity contribution in [1.29, 1.82) is 0 Å². The van der Waals surface area contributed by atoms with Crippen LogP contribution in [0.25, 0.3) is 0 Å². The Morgan fingerprint density at radius 2 is 1.91 bits per heavy atom. The van der Waals surface area contributed by atoms with Crippen molar-refractivity contribution < 1.29 is 28.6 Å². The fraction of sp³-hybridized carbons (Fsp3) is 0.536. The van der Waals surface area contributed by atoms with E-state index >= 15 is 0 Å². The van der Waals surface area contributed by atoms with Gasteiger partial charge in [0.25, 0.3) is 0 Å². The van der Waals surface area contributed by atoms with Crippen LogP contribution in [0.3, 0.4) is 0 Å². The first-order valence-corrected chi connectivity index (χ1v) is 12.1. The molecule has 6 heteroatoms. The number of esters is 1. The maximum Gasteiger partial charge on any atom is 0.508 e. The molecule has 1 heterocycles. The molecule has 182 valence electrons. The van der Waals surface area contributed by atoms with Crippen LogP contribution in [-0.2, 0) is 30.4 Å². The van der Waals surface area contributed by atoms with Crippen LogP contribution in [0.2, 0.25) is 0 Å². The lowest BCUT2D eigenvalue weighted by Gasteiger charge is -2.58. The molecule has 0 amide bonds. The highest BCUT2D eigenvalue weighted by Crippen LogP contribution is 2.61. The highest BCUT2D eigenvalue weighted by Gasteiger charge is 2.55. The first kappa shape index (κ1) is 24.2. The van der Waals surface area contributed by atoms with Gasteiger partial charge in [0, 0.05) is 12.0 Å². The van der Waals surface area contributed by atoms with Crippen molar-refractivity contribution in [2.24, 2.45) is 22.7 Å². The smallest absolute Gasteiger partial charge is 0.458 e. The van der Waals surface area contributed by atoms with Gasteiger partial charge in [0.05, 0.1) is 6.61 Å². The predicted octanol–water partition coefficient (Wildman–Crippen LogP) is 5.56. The van der Waals surface area contributed by atoms with Crippen molar-refractivity contribution in [2.45, 2.75) is 59.5 Å². The maximum atomic E-state index is 12.6. The predicted molar refractivity (Wildman–Crippen MR) is 127 cm³/mol. The standard InChI is InChI=1S/C28H34O6/c1-19-15-23(29)16-24-27(19,2)13-10-22(28(24,3)12-9-21-11-14-32-25(21)30)18-34-26(31)33-17-20-7-5-4-6-8-20/h4-8,11,15,22,24H,9-10,12-14,16-18H2,1-3H3/t22-,24+,27+,28+/m0/s1. The quantitative estimate of drug-likeness (QED) is 0.490. The number of benzene rings is 1. The van der Waals surface area contributed by atoms with E-state index in [1.54, 1.807) is 6.08 Å². The molecule has 1 saturated carbocycles. The van der Waals surface area contributed by atoms with E-state index in [1.165, 1.54) is 0 Å². The number of carbonyl (C=O) groups excluding carboxylic acids is 3. The number of allylic oxidation sites excluding steroid dienone is 2. The summed E-state index contributed by atoms with van der Waals surface area (Å²) in [6.45, 7) is 7.23. The van der Waals surface area contributed by atoms with Gasteiger partial charge in [-0.1, -0.05) is 49.8 Å². The Morgan fingerprint density at radius 3 is 2.62 bits per heavy atom. The number of cyclic esters (lactones) is 1. The summed E-state index contributed by atoms with van der Waals surface area (Å²) >= 11 is 0. The third-order valence-electron chi connectivity index (χ3n) is 8.53. The fourth-order valence-electron chi connectivity index (χ4n) is 6.17. The molecule has 1 fully saturated rings. The van der Waals surface area contributed by atoms with E-state index < -0.39 is 6.16 Å². The van der Waals surface area contributed by atoms with Gasteiger partial charge in [-0.05, 0) is 73.0 Å². The Kier molecular flexibility index (Phi) is 6.96. The van der Waals surface area contributed by atoms with Gasteiger partial charge in [-0.2, -0.15) is 0 Å². The van der Waals surface area contributed by atoms with E-state index in [2.05, 4.69) is 20.8 Å². The minimum Gasteiger partial charge on any atom is -0.458 e. The van der Waals surface area contributed by atoms with Crippen LogP contribution in [0.5, 0.6) is 0 Å². The Hall–Kier alpha value is -2.89. The molecule has 6 nitrogen and oxygen atoms in total. The molecule has 0 saturated heterocycles. The number of carbonyl (C=O) groups is 3. The fourth-order valence-corrected chi connectivity index (χ4v) is 6.17. The van der Waals surface area contributed by atoms with Crippen LogP contribution in [-0.4, -0.2) is 31.1 Å². The molecular weight excluding hydrogens is 432 g/mol. The molecule has 1 aromatic carbocycles. The van der Waals surface area contributed by atoms with Gasteiger partial charge in [-0.15, -0.1) is 0 Å². The zero-order valence-electron chi connectivity index (χ0n) is 20.3. The van der Waals surface area contributed by atoms with E-state index in [1.807, 2.05) is 36.4 Å². The maximum absolute atomic E-state index is 12.6. The van der Waals surface area contributed by atoms with Crippen LogP contribution in [0.4, 0.5) is 4.79 Å². The summed E-state index contributed by atoms with van der Waals surface area (Å²) in [6.07, 6.45) is 6.55. The molecule has 2 aliphatic carbocycles. The molecule has 34 heavy (non-hydrogen) atoms. The van der Waals surface area contributed by atoms with Gasteiger partial charge < -0.3 is 14.2 Å². The minimum atomic E-state index is -0.683.